The van der Waals surface area contributed by atoms with E-state index in [1.54, 1.807) is 24.3 Å². The molecule has 1 fully saturated rings. The molecule has 3 rings (SSSR count). The van der Waals surface area contributed by atoms with E-state index in [9.17, 15) is 18.0 Å². The summed E-state index contributed by atoms with van der Waals surface area (Å²) in [6.45, 7) is 0.972. The Labute approximate surface area is 117 Å². The van der Waals surface area contributed by atoms with E-state index in [2.05, 4.69) is 0 Å². The topological polar surface area (TPSA) is 74.8 Å². The van der Waals surface area contributed by atoms with E-state index in [1.165, 1.54) is 4.31 Å². The quantitative estimate of drug-likeness (QED) is 0.749. The Morgan fingerprint density at radius 1 is 1.00 bits per heavy atom. The van der Waals surface area contributed by atoms with Crippen molar-refractivity contribution in [1.82, 2.24) is 9.21 Å². The van der Waals surface area contributed by atoms with E-state index in [4.69, 9.17) is 0 Å². The highest BCUT2D eigenvalue weighted by Crippen LogP contribution is 2.22. The van der Waals surface area contributed by atoms with Crippen LogP contribution < -0.4 is 0 Å². The number of carbonyl (C=O) groups is 2. The van der Waals surface area contributed by atoms with Gasteiger partial charge in [-0.25, -0.2) is 12.7 Å². The van der Waals surface area contributed by atoms with Gasteiger partial charge in [-0.3, -0.25) is 14.5 Å². The minimum atomic E-state index is -3.36. The van der Waals surface area contributed by atoms with Gasteiger partial charge in [0.15, 0.2) is 0 Å². The zero-order valence-electron chi connectivity index (χ0n) is 10.8. The average molecular weight is 294 g/mol. The Hall–Kier alpha value is -1.73. The summed E-state index contributed by atoms with van der Waals surface area (Å²) in [6, 6.07) is 6.54. The van der Waals surface area contributed by atoms with Crippen LogP contribution in [0.15, 0.2) is 24.3 Å². The van der Waals surface area contributed by atoms with Crippen molar-refractivity contribution in [3.8, 4) is 0 Å². The molecule has 2 aliphatic rings. The first-order chi connectivity index (χ1) is 9.50. The predicted octanol–water partition coefficient (Wildman–Crippen LogP) is 0.318. The van der Waals surface area contributed by atoms with Crippen LogP contribution in [0.2, 0.25) is 0 Å². The van der Waals surface area contributed by atoms with Crippen molar-refractivity contribution < 1.29 is 18.0 Å². The van der Waals surface area contributed by atoms with Crippen LogP contribution in [-0.4, -0.2) is 54.8 Å². The third-order valence-electron chi connectivity index (χ3n) is 3.66. The summed E-state index contributed by atoms with van der Waals surface area (Å²) in [6.07, 6.45) is 0.867. The summed E-state index contributed by atoms with van der Waals surface area (Å²) < 4.78 is 25.2. The van der Waals surface area contributed by atoms with Gasteiger partial charge in [0.2, 0.25) is 10.0 Å². The second kappa shape index (κ2) is 4.68. The van der Waals surface area contributed by atoms with Crippen LogP contribution in [0, 0.1) is 0 Å². The normalized spacial score (nSPS) is 19.1. The van der Waals surface area contributed by atoms with E-state index in [0.29, 0.717) is 24.2 Å². The molecule has 0 spiro atoms. The molecule has 0 saturated carbocycles. The van der Waals surface area contributed by atoms with Crippen LogP contribution in [-0.2, 0) is 10.0 Å². The second-order valence-electron chi connectivity index (χ2n) is 4.88. The molecular formula is C13H14N2O4S. The van der Waals surface area contributed by atoms with Crippen molar-refractivity contribution in [3.63, 3.8) is 0 Å². The number of amides is 2. The number of nitrogens with zero attached hydrogens (tertiary/aromatic N) is 2. The number of carbonyl (C=O) groups excluding carboxylic acids is 2. The van der Waals surface area contributed by atoms with Crippen LogP contribution >= 0.6 is 0 Å². The molecule has 7 heteroatoms. The minimum absolute atomic E-state index is 0.0921. The van der Waals surface area contributed by atoms with E-state index in [-0.39, 0.29) is 12.3 Å². The van der Waals surface area contributed by atoms with Crippen LogP contribution in [0.3, 0.4) is 0 Å². The summed E-state index contributed by atoms with van der Waals surface area (Å²) >= 11 is 0. The first-order valence-corrected chi connectivity index (χ1v) is 8.05. The number of rotatable bonds is 4. The summed E-state index contributed by atoms with van der Waals surface area (Å²) in [5.41, 5.74) is 0.692. The molecule has 0 aliphatic carbocycles. The molecule has 2 heterocycles. The first-order valence-electron chi connectivity index (χ1n) is 6.44. The molecule has 0 N–H and O–H groups in total. The van der Waals surface area contributed by atoms with Gasteiger partial charge < -0.3 is 0 Å². The van der Waals surface area contributed by atoms with Crippen molar-refractivity contribution in [3.05, 3.63) is 35.4 Å². The molecule has 106 valence electrons. The van der Waals surface area contributed by atoms with Crippen molar-refractivity contribution in [2.75, 3.05) is 25.4 Å². The van der Waals surface area contributed by atoms with Gasteiger partial charge in [-0.15, -0.1) is 0 Å². The number of hydrogen-bond donors (Lipinski definition) is 0. The van der Waals surface area contributed by atoms with Crippen LogP contribution in [0.25, 0.3) is 0 Å². The summed E-state index contributed by atoms with van der Waals surface area (Å²) in [5, 5.41) is 0. The highest BCUT2D eigenvalue weighted by Gasteiger charge is 2.36. The van der Waals surface area contributed by atoms with Gasteiger partial charge >= 0.3 is 0 Å². The lowest BCUT2D eigenvalue weighted by Gasteiger charge is -2.30. The molecule has 0 atom stereocenters. The van der Waals surface area contributed by atoms with Crippen molar-refractivity contribution >= 4 is 21.8 Å². The van der Waals surface area contributed by atoms with Crippen LogP contribution in [0.5, 0.6) is 0 Å². The highest BCUT2D eigenvalue weighted by molar-refractivity contribution is 7.89. The van der Waals surface area contributed by atoms with Crippen molar-refractivity contribution in [1.29, 1.82) is 0 Å². The number of benzene rings is 1. The van der Waals surface area contributed by atoms with E-state index in [0.717, 1.165) is 11.3 Å². The fraction of sp³-hybridized carbons (Fsp3) is 0.385. The van der Waals surface area contributed by atoms with Gasteiger partial charge in [0.25, 0.3) is 11.8 Å². The van der Waals surface area contributed by atoms with Crippen molar-refractivity contribution in [2.24, 2.45) is 0 Å². The smallest absolute Gasteiger partial charge is 0.261 e. The Morgan fingerprint density at radius 2 is 1.55 bits per heavy atom. The Kier molecular flexibility index (Phi) is 3.10. The third kappa shape index (κ3) is 2.03. The van der Waals surface area contributed by atoms with E-state index < -0.39 is 21.8 Å². The van der Waals surface area contributed by atoms with Gasteiger partial charge in [0.05, 0.1) is 16.9 Å². The maximum absolute atomic E-state index is 12.1. The molecule has 20 heavy (non-hydrogen) atoms. The van der Waals surface area contributed by atoms with Crippen molar-refractivity contribution in [2.45, 2.75) is 6.42 Å². The fourth-order valence-corrected chi connectivity index (χ4v) is 3.83. The minimum Gasteiger partial charge on any atom is -0.273 e. The molecule has 2 amide bonds. The maximum atomic E-state index is 12.1. The maximum Gasteiger partial charge on any atom is 0.261 e. The molecular weight excluding hydrogens is 280 g/mol. The van der Waals surface area contributed by atoms with Gasteiger partial charge in [-0.1, -0.05) is 12.1 Å². The molecule has 0 aromatic heterocycles. The SMILES string of the molecule is O=C1c2ccccc2C(=O)N1CCS(=O)(=O)N1CCC1. The number of imide groups is 1. The first kappa shape index (κ1) is 13.3. The monoisotopic (exact) mass is 294 g/mol. The van der Waals surface area contributed by atoms with Gasteiger partial charge in [0, 0.05) is 19.6 Å². The second-order valence-corrected chi connectivity index (χ2v) is 6.96. The molecule has 1 aromatic carbocycles. The molecule has 6 nitrogen and oxygen atoms in total. The summed E-state index contributed by atoms with van der Waals surface area (Å²) in [4.78, 5) is 25.2. The highest BCUT2D eigenvalue weighted by atomic mass is 32.2. The number of fused-ring (bicyclic) bond motifs is 1. The van der Waals surface area contributed by atoms with Gasteiger partial charge in [-0.2, -0.15) is 0 Å². The van der Waals surface area contributed by atoms with E-state index >= 15 is 0 Å². The molecule has 1 aromatic rings. The number of hydrogen-bond acceptors (Lipinski definition) is 4. The zero-order valence-corrected chi connectivity index (χ0v) is 11.6. The molecule has 1 saturated heterocycles. The Bertz CT molecular complexity index is 644. The van der Waals surface area contributed by atoms with Crippen LogP contribution in [0.4, 0.5) is 0 Å². The molecule has 2 aliphatic heterocycles. The third-order valence-corrected chi connectivity index (χ3v) is 5.51. The van der Waals surface area contributed by atoms with Gasteiger partial charge in [-0.05, 0) is 18.6 Å². The predicted molar refractivity (Wildman–Crippen MR) is 71.8 cm³/mol. The molecule has 0 radical (unpaired) electrons. The summed E-state index contributed by atoms with van der Waals surface area (Å²) in [7, 11) is -3.36. The zero-order chi connectivity index (χ0) is 14.3. The lowest BCUT2D eigenvalue weighted by Crippen LogP contribution is -2.45. The fourth-order valence-electron chi connectivity index (χ4n) is 2.34. The molecule has 0 bridgehead atoms. The molecule has 0 unspecified atom stereocenters. The average Bonchev–Trinajstić information content (AvgIpc) is 2.58. The Balaban J connectivity index is 1.74. The number of sulfonamides is 1. The lowest BCUT2D eigenvalue weighted by molar-refractivity contribution is 0.0663. The Morgan fingerprint density at radius 3 is 2.00 bits per heavy atom. The summed E-state index contributed by atoms with van der Waals surface area (Å²) in [5.74, 6) is -1.04. The van der Waals surface area contributed by atoms with Gasteiger partial charge in [0.1, 0.15) is 0 Å². The largest absolute Gasteiger partial charge is 0.273 e. The standard InChI is InChI=1S/C13H14N2O4S/c16-12-10-4-1-2-5-11(10)13(17)15(12)8-9-20(18,19)14-6-3-7-14/h1-2,4-5H,3,6-9H2. The van der Waals surface area contributed by atoms with Crippen LogP contribution in [0.1, 0.15) is 27.1 Å². The lowest BCUT2D eigenvalue weighted by atomic mass is 10.1. The van der Waals surface area contributed by atoms with E-state index in [1.807, 2.05) is 0 Å².